The number of ketones is 1. The van der Waals surface area contributed by atoms with Crippen LogP contribution in [-0.2, 0) is 9.59 Å². The van der Waals surface area contributed by atoms with Crippen LogP contribution in [0.3, 0.4) is 0 Å². The highest BCUT2D eigenvalue weighted by Gasteiger charge is 2.20. The topological polar surface area (TPSA) is 50.3 Å². The number of amides is 1. The van der Waals surface area contributed by atoms with Gasteiger partial charge in [0, 0.05) is 36.6 Å². The zero-order chi connectivity index (χ0) is 13.0. The van der Waals surface area contributed by atoms with E-state index in [4.69, 9.17) is 0 Å². The lowest BCUT2D eigenvalue weighted by Crippen LogP contribution is -2.39. The third-order valence-corrected chi connectivity index (χ3v) is 4.62. The van der Waals surface area contributed by atoms with E-state index in [2.05, 4.69) is 20.9 Å². The number of rotatable bonds is 3. The van der Waals surface area contributed by atoms with Gasteiger partial charge in [-0.1, -0.05) is 11.8 Å². The van der Waals surface area contributed by atoms with Crippen molar-refractivity contribution in [3.8, 4) is 0 Å². The number of nitrogens with zero attached hydrogens (tertiary/aromatic N) is 2. The Bertz CT molecular complexity index is 457. The normalized spacial score (nSPS) is 15.8. The van der Waals surface area contributed by atoms with E-state index in [0.29, 0.717) is 31.7 Å². The highest BCUT2D eigenvalue weighted by Crippen LogP contribution is 2.24. The molecule has 1 amide bonds. The first-order chi connectivity index (χ1) is 8.66. The lowest BCUT2D eigenvalue weighted by Gasteiger charge is -2.25. The van der Waals surface area contributed by atoms with Crippen molar-refractivity contribution in [2.24, 2.45) is 0 Å². The molecule has 1 saturated heterocycles. The molecule has 0 aliphatic carbocycles. The summed E-state index contributed by atoms with van der Waals surface area (Å²) in [7, 11) is 0. The monoisotopic (exact) mass is 328 g/mol. The van der Waals surface area contributed by atoms with E-state index in [-0.39, 0.29) is 11.7 Å². The molecule has 0 spiro atoms. The molecule has 1 fully saturated rings. The zero-order valence-electron chi connectivity index (χ0n) is 9.76. The van der Waals surface area contributed by atoms with E-state index >= 15 is 0 Å². The van der Waals surface area contributed by atoms with Crippen LogP contribution in [-0.4, -0.2) is 40.4 Å². The van der Waals surface area contributed by atoms with Gasteiger partial charge in [-0.15, -0.1) is 0 Å². The summed E-state index contributed by atoms with van der Waals surface area (Å²) in [6, 6.07) is 3.74. The summed E-state index contributed by atoms with van der Waals surface area (Å²) >= 11 is 4.81. The van der Waals surface area contributed by atoms with E-state index in [1.165, 1.54) is 11.8 Å². The third-order valence-electron chi connectivity index (χ3n) is 2.73. The highest BCUT2D eigenvalue weighted by atomic mass is 79.9. The Kier molecular flexibility index (Phi) is 4.77. The number of hydrogen-bond donors (Lipinski definition) is 0. The van der Waals surface area contributed by atoms with E-state index in [1.54, 1.807) is 11.1 Å². The molecule has 1 aromatic rings. The molecule has 4 nitrogen and oxygen atoms in total. The summed E-state index contributed by atoms with van der Waals surface area (Å²) in [4.78, 5) is 29.0. The second-order valence-electron chi connectivity index (χ2n) is 4.00. The van der Waals surface area contributed by atoms with Crippen LogP contribution in [0.5, 0.6) is 0 Å². The van der Waals surface area contributed by atoms with Crippen molar-refractivity contribution >= 4 is 39.4 Å². The SMILES string of the molecule is O=C1CCN(C(=O)CSc2ncccc2Br)CC1. The maximum absolute atomic E-state index is 11.9. The van der Waals surface area contributed by atoms with Gasteiger partial charge >= 0.3 is 0 Å². The largest absolute Gasteiger partial charge is 0.341 e. The fourth-order valence-electron chi connectivity index (χ4n) is 1.70. The predicted octanol–water partition coefficient (Wildman–Crippen LogP) is 2.13. The predicted molar refractivity (Wildman–Crippen MR) is 73.5 cm³/mol. The summed E-state index contributed by atoms with van der Waals surface area (Å²) in [6.45, 7) is 1.11. The number of piperidine rings is 1. The average Bonchev–Trinajstić information content (AvgIpc) is 2.38. The molecule has 0 atom stereocenters. The maximum atomic E-state index is 11.9. The molecule has 2 heterocycles. The van der Waals surface area contributed by atoms with Crippen molar-refractivity contribution in [3.63, 3.8) is 0 Å². The molecule has 0 radical (unpaired) electrons. The van der Waals surface area contributed by atoms with Gasteiger partial charge in [-0.05, 0) is 28.1 Å². The second-order valence-corrected chi connectivity index (χ2v) is 5.82. The van der Waals surface area contributed by atoms with Crippen molar-refractivity contribution in [2.75, 3.05) is 18.8 Å². The van der Waals surface area contributed by atoms with Gasteiger partial charge in [0.2, 0.25) is 5.91 Å². The first-order valence-corrected chi connectivity index (χ1v) is 7.47. The molecule has 1 aromatic heterocycles. The van der Waals surface area contributed by atoms with Crippen LogP contribution in [0.2, 0.25) is 0 Å². The van der Waals surface area contributed by atoms with Crippen molar-refractivity contribution in [1.82, 2.24) is 9.88 Å². The van der Waals surface area contributed by atoms with E-state index in [0.717, 1.165) is 9.50 Å². The molecular weight excluding hydrogens is 316 g/mol. The highest BCUT2D eigenvalue weighted by molar-refractivity contribution is 9.10. The first-order valence-electron chi connectivity index (χ1n) is 5.69. The molecule has 1 aliphatic rings. The van der Waals surface area contributed by atoms with Crippen molar-refractivity contribution in [2.45, 2.75) is 17.9 Å². The lowest BCUT2D eigenvalue weighted by molar-refractivity contribution is -0.132. The Hall–Kier alpha value is -0.880. The van der Waals surface area contributed by atoms with E-state index in [1.807, 2.05) is 12.1 Å². The number of aromatic nitrogens is 1. The number of thioether (sulfide) groups is 1. The van der Waals surface area contributed by atoms with Crippen LogP contribution in [0.1, 0.15) is 12.8 Å². The molecule has 6 heteroatoms. The molecule has 0 saturated carbocycles. The molecule has 2 rings (SSSR count). The quantitative estimate of drug-likeness (QED) is 0.797. The van der Waals surface area contributed by atoms with Gasteiger partial charge < -0.3 is 4.90 Å². The van der Waals surface area contributed by atoms with Gasteiger partial charge in [0.05, 0.1) is 5.75 Å². The minimum Gasteiger partial charge on any atom is -0.341 e. The molecule has 96 valence electrons. The van der Waals surface area contributed by atoms with E-state index in [9.17, 15) is 9.59 Å². The fourth-order valence-corrected chi connectivity index (χ4v) is 3.09. The molecule has 0 unspecified atom stereocenters. The summed E-state index contributed by atoms with van der Waals surface area (Å²) in [5.74, 6) is 0.688. The molecular formula is C12H13BrN2O2S. The zero-order valence-corrected chi connectivity index (χ0v) is 12.2. The number of Topliss-reactive ketones (excluding diaryl/α,β-unsaturated/α-hetero) is 1. The van der Waals surface area contributed by atoms with Gasteiger partial charge in [0.1, 0.15) is 10.8 Å². The lowest BCUT2D eigenvalue weighted by atomic mass is 10.1. The number of hydrogen-bond acceptors (Lipinski definition) is 4. The third kappa shape index (κ3) is 3.55. The molecule has 18 heavy (non-hydrogen) atoms. The van der Waals surface area contributed by atoms with Gasteiger partial charge in [-0.3, -0.25) is 9.59 Å². The Morgan fingerprint density at radius 3 is 2.83 bits per heavy atom. The van der Waals surface area contributed by atoms with Gasteiger partial charge in [-0.25, -0.2) is 4.98 Å². The molecule has 0 bridgehead atoms. The number of carbonyl (C=O) groups is 2. The maximum Gasteiger partial charge on any atom is 0.233 e. The summed E-state index contributed by atoms with van der Waals surface area (Å²) in [5.41, 5.74) is 0. The molecule has 1 aliphatic heterocycles. The van der Waals surface area contributed by atoms with Crippen LogP contribution in [0.15, 0.2) is 27.8 Å². The Morgan fingerprint density at radius 2 is 2.17 bits per heavy atom. The van der Waals surface area contributed by atoms with Gasteiger partial charge in [-0.2, -0.15) is 0 Å². The Morgan fingerprint density at radius 1 is 1.44 bits per heavy atom. The second kappa shape index (κ2) is 6.33. The van der Waals surface area contributed by atoms with E-state index < -0.39 is 0 Å². The summed E-state index contributed by atoms with van der Waals surface area (Å²) in [6.07, 6.45) is 2.69. The van der Waals surface area contributed by atoms with Crippen LogP contribution in [0.4, 0.5) is 0 Å². The van der Waals surface area contributed by atoms with Crippen LogP contribution >= 0.6 is 27.7 Å². The van der Waals surface area contributed by atoms with Crippen molar-refractivity contribution in [1.29, 1.82) is 0 Å². The number of pyridine rings is 1. The summed E-state index contributed by atoms with van der Waals surface area (Å²) < 4.78 is 0.900. The Labute approximate surface area is 118 Å². The smallest absolute Gasteiger partial charge is 0.233 e. The summed E-state index contributed by atoms with van der Waals surface area (Å²) in [5, 5.41) is 0.818. The van der Waals surface area contributed by atoms with Crippen LogP contribution < -0.4 is 0 Å². The number of halogens is 1. The minimum absolute atomic E-state index is 0.0741. The number of likely N-dealkylation sites (tertiary alicyclic amines) is 1. The number of carbonyl (C=O) groups excluding carboxylic acids is 2. The van der Waals surface area contributed by atoms with Crippen LogP contribution in [0, 0.1) is 0 Å². The molecule has 0 aromatic carbocycles. The standard InChI is InChI=1S/C12H13BrN2O2S/c13-10-2-1-5-14-12(10)18-8-11(17)15-6-3-9(16)4-7-15/h1-2,5H,3-4,6-8H2. The van der Waals surface area contributed by atoms with Gasteiger partial charge in [0.15, 0.2) is 0 Å². The Balaban J connectivity index is 1.85. The first kappa shape index (κ1) is 13.5. The van der Waals surface area contributed by atoms with Crippen molar-refractivity contribution in [3.05, 3.63) is 22.8 Å². The van der Waals surface area contributed by atoms with Crippen LogP contribution in [0.25, 0.3) is 0 Å². The fraction of sp³-hybridized carbons (Fsp3) is 0.417. The van der Waals surface area contributed by atoms with Crippen molar-refractivity contribution < 1.29 is 9.59 Å². The minimum atomic E-state index is 0.0741. The molecule has 0 N–H and O–H groups in total. The van der Waals surface area contributed by atoms with Gasteiger partial charge in [0.25, 0.3) is 0 Å². The average molecular weight is 329 g/mol.